The number of anilines is 1. The fourth-order valence-electron chi connectivity index (χ4n) is 2.98. The summed E-state index contributed by atoms with van der Waals surface area (Å²) in [5.41, 5.74) is 0.469. The number of halogens is 4. The number of hydrogen-bond donors (Lipinski definition) is 2. The summed E-state index contributed by atoms with van der Waals surface area (Å²) in [7, 11) is 1.80. The molecule has 0 aliphatic rings. The van der Waals surface area contributed by atoms with E-state index >= 15 is 0 Å². The van der Waals surface area contributed by atoms with Gasteiger partial charge in [-0.05, 0) is 19.1 Å². The fourth-order valence-corrected chi connectivity index (χ4v) is 4.01. The van der Waals surface area contributed by atoms with Crippen LogP contribution >= 0.6 is 22.9 Å². The third-order valence-corrected chi connectivity index (χ3v) is 6.19. The van der Waals surface area contributed by atoms with Gasteiger partial charge in [0, 0.05) is 13.2 Å². The summed E-state index contributed by atoms with van der Waals surface area (Å²) in [6, 6.07) is 1.70. The summed E-state index contributed by atoms with van der Waals surface area (Å²) in [6.45, 7) is 1.68. The molecule has 1 unspecified atom stereocenters. The number of alkyl halides is 3. The molecule has 4 aromatic rings. The zero-order valence-corrected chi connectivity index (χ0v) is 19.1. The summed E-state index contributed by atoms with van der Waals surface area (Å²) in [6.07, 6.45) is 0.490. The maximum absolute atomic E-state index is 13.0. The predicted octanol–water partition coefficient (Wildman–Crippen LogP) is 4.24. The molecule has 4 aromatic heterocycles. The Labute approximate surface area is 199 Å². The topological polar surface area (TPSA) is 115 Å². The first-order valence-corrected chi connectivity index (χ1v) is 10.8. The van der Waals surface area contributed by atoms with E-state index in [1.54, 1.807) is 30.9 Å². The van der Waals surface area contributed by atoms with Crippen LogP contribution < -0.4 is 10.6 Å². The molecule has 176 valence electrons. The number of carbonyl (C=O) groups excluding carboxylic acids is 2. The fraction of sp³-hybridized carbons (Fsp3) is 0.200. The molecule has 0 saturated carbocycles. The molecular formula is C20H15ClF3N7O2S. The van der Waals surface area contributed by atoms with Crippen LogP contribution in [0.1, 0.15) is 43.7 Å². The van der Waals surface area contributed by atoms with Crippen LogP contribution in [-0.2, 0) is 13.2 Å². The van der Waals surface area contributed by atoms with Crippen molar-refractivity contribution in [3.8, 4) is 0 Å². The molecule has 0 aliphatic carbocycles. The SMILES string of the molecule is CC(NC(=O)c1cc2c(cn1)ncn2C)c1ncc(C(=O)Nc2cc(C(F)(F)F)c(Cl)cn2)s1. The molecule has 4 heterocycles. The average molecular weight is 510 g/mol. The van der Waals surface area contributed by atoms with Crippen LogP contribution in [0.2, 0.25) is 5.02 Å². The van der Waals surface area contributed by atoms with Gasteiger partial charge in [0.15, 0.2) is 0 Å². The third kappa shape index (κ3) is 4.84. The number of amides is 2. The quantitative estimate of drug-likeness (QED) is 0.416. The lowest BCUT2D eigenvalue weighted by atomic mass is 10.2. The zero-order chi connectivity index (χ0) is 24.6. The van der Waals surface area contributed by atoms with Crippen molar-refractivity contribution in [2.45, 2.75) is 19.1 Å². The van der Waals surface area contributed by atoms with Crippen LogP contribution in [0.15, 0.2) is 37.1 Å². The minimum absolute atomic E-state index is 0.121. The number of aryl methyl sites for hydroxylation is 1. The highest BCUT2D eigenvalue weighted by molar-refractivity contribution is 7.13. The van der Waals surface area contributed by atoms with Crippen LogP contribution in [0, 0.1) is 0 Å². The van der Waals surface area contributed by atoms with Crippen molar-refractivity contribution in [1.29, 1.82) is 0 Å². The summed E-state index contributed by atoms with van der Waals surface area (Å²) < 4.78 is 40.8. The van der Waals surface area contributed by atoms with Crippen molar-refractivity contribution >= 4 is 51.6 Å². The molecule has 0 spiro atoms. The first-order chi connectivity index (χ1) is 16.0. The van der Waals surface area contributed by atoms with Gasteiger partial charge < -0.3 is 15.2 Å². The van der Waals surface area contributed by atoms with Gasteiger partial charge in [0.25, 0.3) is 11.8 Å². The van der Waals surface area contributed by atoms with Gasteiger partial charge in [-0.15, -0.1) is 11.3 Å². The Bertz CT molecular complexity index is 1400. The Morgan fingerprint density at radius 3 is 2.59 bits per heavy atom. The minimum Gasteiger partial charge on any atom is -0.342 e. The summed E-state index contributed by atoms with van der Waals surface area (Å²) in [5, 5.41) is 4.89. The van der Waals surface area contributed by atoms with Crippen molar-refractivity contribution < 1.29 is 22.8 Å². The maximum atomic E-state index is 13.0. The third-order valence-electron chi connectivity index (χ3n) is 4.71. The Kier molecular flexibility index (Phi) is 6.23. The normalized spacial score (nSPS) is 12.5. The zero-order valence-electron chi connectivity index (χ0n) is 17.5. The van der Waals surface area contributed by atoms with Gasteiger partial charge in [0.05, 0.1) is 40.9 Å². The highest BCUT2D eigenvalue weighted by Gasteiger charge is 2.34. The van der Waals surface area contributed by atoms with Gasteiger partial charge in [-0.3, -0.25) is 9.59 Å². The number of nitrogens with zero attached hydrogens (tertiary/aromatic N) is 5. The van der Waals surface area contributed by atoms with Crippen LogP contribution in [-0.4, -0.2) is 36.3 Å². The van der Waals surface area contributed by atoms with Crippen molar-refractivity contribution in [3.63, 3.8) is 0 Å². The van der Waals surface area contributed by atoms with E-state index in [-0.39, 0.29) is 16.4 Å². The molecule has 9 nitrogen and oxygen atoms in total. The van der Waals surface area contributed by atoms with Crippen LogP contribution in [0.3, 0.4) is 0 Å². The molecule has 0 saturated heterocycles. The number of pyridine rings is 2. The van der Waals surface area contributed by atoms with Crippen LogP contribution in [0.25, 0.3) is 11.0 Å². The molecule has 2 N–H and O–H groups in total. The lowest BCUT2D eigenvalue weighted by molar-refractivity contribution is -0.137. The standard InChI is InChI=1S/C20H15ClF3N7O2S/c1-9(29-17(32)12-4-14-13(6-25-12)28-8-31(14)2)19-27-7-15(34-19)18(33)30-16-3-10(20(22,23)24)11(21)5-26-16/h3-9H,1-2H3,(H,29,32)(H,26,30,33). The number of hydrogen-bond acceptors (Lipinski definition) is 7. The molecule has 34 heavy (non-hydrogen) atoms. The second-order valence-electron chi connectivity index (χ2n) is 7.17. The Morgan fingerprint density at radius 2 is 1.85 bits per heavy atom. The minimum atomic E-state index is -4.69. The molecule has 0 radical (unpaired) electrons. The van der Waals surface area contributed by atoms with E-state index < -0.39 is 34.6 Å². The van der Waals surface area contributed by atoms with Crippen LogP contribution in [0.5, 0.6) is 0 Å². The van der Waals surface area contributed by atoms with E-state index in [2.05, 4.69) is 30.6 Å². The first kappa shape index (κ1) is 23.6. The van der Waals surface area contributed by atoms with Crippen LogP contribution in [0.4, 0.5) is 19.0 Å². The molecule has 2 amide bonds. The smallest absolute Gasteiger partial charge is 0.342 e. The monoisotopic (exact) mass is 509 g/mol. The molecule has 0 aliphatic heterocycles. The van der Waals surface area contributed by atoms with E-state index in [0.29, 0.717) is 16.6 Å². The molecule has 0 aromatic carbocycles. The molecule has 0 bridgehead atoms. The molecule has 4 rings (SSSR count). The molecule has 14 heteroatoms. The summed E-state index contributed by atoms with van der Waals surface area (Å²) in [4.78, 5) is 41.3. The summed E-state index contributed by atoms with van der Waals surface area (Å²) >= 11 is 6.52. The number of rotatable bonds is 5. The van der Waals surface area contributed by atoms with E-state index in [9.17, 15) is 22.8 Å². The second kappa shape index (κ2) is 8.99. The Hall–Kier alpha value is -3.58. The van der Waals surface area contributed by atoms with E-state index in [1.807, 2.05) is 0 Å². The van der Waals surface area contributed by atoms with Gasteiger partial charge in [-0.1, -0.05) is 11.6 Å². The highest BCUT2D eigenvalue weighted by atomic mass is 35.5. The van der Waals surface area contributed by atoms with Crippen molar-refractivity contribution in [1.82, 2.24) is 29.8 Å². The van der Waals surface area contributed by atoms with Gasteiger partial charge in [0.1, 0.15) is 26.9 Å². The largest absolute Gasteiger partial charge is 0.418 e. The summed E-state index contributed by atoms with van der Waals surface area (Å²) in [5.74, 6) is -1.45. The molecular weight excluding hydrogens is 495 g/mol. The number of carbonyl (C=O) groups is 2. The molecule has 1 atom stereocenters. The second-order valence-corrected chi connectivity index (χ2v) is 8.64. The van der Waals surface area contributed by atoms with Crippen molar-refractivity contribution in [2.75, 3.05) is 5.32 Å². The van der Waals surface area contributed by atoms with E-state index in [0.717, 1.165) is 23.1 Å². The highest BCUT2D eigenvalue weighted by Crippen LogP contribution is 2.35. The number of fused-ring (bicyclic) bond motifs is 1. The van der Waals surface area contributed by atoms with E-state index in [4.69, 9.17) is 11.6 Å². The first-order valence-electron chi connectivity index (χ1n) is 9.60. The lowest BCUT2D eigenvalue weighted by Gasteiger charge is -2.11. The average Bonchev–Trinajstić information content (AvgIpc) is 3.41. The Morgan fingerprint density at radius 1 is 1.09 bits per heavy atom. The number of imidazole rings is 1. The molecule has 0 fully saturated rings. The maximum Gasteiger partial charge on any atom is 0.418 e. The van der Waals surface area contributed by atoms with Gasteiger partial charge in [0.2, 0.25) is 0 Å². The predicted molar refractivity (Wildman–Crippen MR) is 119 cm³/mol. The van der Waals surface area contributed by atoms with Crippen molar-refractivity contribution in [2.24, 2.45) is 7.05 Å². The van der Waals surface area contributed by atoms with Gasteiger partial charge >= 0.3 is 6.18 Å². The number of nitrogens with one attached hydrogen (secondary N) is 2. The Balaban J connectivity index is 1.44. The van der Waals surface area contributed by atoms with Crippen molar-refractivity contribution in [3.05, 3.63) is 63.2 Å². The van der Waals surface area contributed by atoms with Gasteiger partial charge in [-0.25, -0.2) is 19.9 Å². The van der Waals surface area contributed by atoms with E-state index in [1.165, 1.54) is 12.4 Å². The lowest BCUT2D eigenvalue weighted by Crippen LogP contribution is -2.27. The number of aromatic nitrogens is 5. The van der Waals surface area contributed by atoms with Gasteiger partial charge in [-0.2, -0.15) is 13.2 Å². The number of thiazole rings is 1.